The van der Waals surface area contributed by atoms with E-state index < -0.39 is 0 Å². The van der Waals surface area contributed by atoms with Crippen LogP contribution in [0.2, 0.25) is 0 Å². The number of piperidine rings is 1. The zero-order valence-corrected chi connectivity index (χ0v) is 15.9. The lowest BCUT2D eigenvalue weighted by Crippen LogP contribution is -2.49. The van der Waals surface area contributed by atoms with Crippen molar-refractivity contribution in [2.24, 2.45) is 11.1 Å². The fraction of sp³-hybridized carbons (Fsp3) is 0.833. The molecule has 2 saturated heterocycles. The van der Waals surface area contributed by atoms with E-state index in [1.807, 2.05) is 0 Å². The van der Waals surface area contributed by atoms with Gasteiger partial charge in [-0.15, -0.1) is 0 Å². The van der Waals surface area contributed by atoms with Gasteiger partial charge in [0.1, 0.15) is 5.71 Å². The second kappa shape index (κ2) is 8.24. The molecule has 8 heteroatoms. The van der Waals surface area contributed by atoms with Crippen molar-refractivity contribution in [1.29, 1.82) is 0 Å². The molecule has 3 aliphatic heterocycles. The zero-order chi connectivity index (χ0) is 18.6. The number of likely N-dealkylation sites (tertiary alicyclic amines) is 1. The van der Waals surface area contributed by atoms with Gasteiger partial charge in [-0.3, -0.25) is 9.69 Å². The lowest BCUT2D eigenvalue weighted by molar-refractivity contribution is -0.114. The van der Waals surface area contributed by atoms with Crippen LogP contribution in [0.1, 0.15) is 39.5 Å². The number of oxime groups is 1. The monoisotopic (exact) mass is 365 g/mol. The average Bonchev–Trinajstić information content (AvgIpc) is 3.20. The number of nitrogens with one attached hydrogen (secondary N) is 2. The SMILES string of the molecule is CC(C)CCN1CCCC2(CC(C(=O)NCCN3CCNC3=O)=NO2)C1. The first-order valence-electron chi connectivity index (χ1n) is 9.76. The molecule has 0 aromatic carbocycles. The van der Waals surface area contributed by atoms with E-state index in [0.717, 1.165) is 32.5 Å². The molecule has 0 aromatic heterocycles. The van der Waals surface area contributed by atoms with E-state index in [4.69, 9.17) is 4.84 Å². The summed E-state index contributed by atoms with van der Waals surface area (Å²) in [4.78, 5) is 33.8. The highest BCUT2D eigenvalue weighted by atomic mass is 16.7. The van der Waals surface area contributed by atoms with Crippen molar-refractivity contribution in [3.8, 4) is 0 Å². The molecule has 3 heterocycles. The topological polar surface area (TPSA) is 86.3 Å². The fourth-order valence-corrected chi connectivity index (χ4v) is 3.82. The predicted octanol–water partition coefficient (Wildman–Crippen LogP) is 0.785. The third kappa shape index (κ3) is 4.66. The van der Waals surface area contributed by atoms with Crippen molar-refractivity contribution < 1.29 is 14.4 Å². The Hall–Kier alpha value is -1.83. The van der Waals surface area contributed by atoms with Gasteiger partial charge in [-0.1, -0.05) is 19.0 Å². The van der Waals surface area contributed by atoms with Crippen LogP contribution in [0.15, 0.2) is 5.16 Å². The van der Waals surface area contributed by atoms with Gasteiger partial charge in [0.25, 0.3) is 5.91 Å². The minimum Gasteiger partial charge on any atom is -0.387 e. The van der Waals surface area contributed by atoms with Gasteiger partial charge in [-0.25, -0.2) is 4.79 Å². The lowest BCUT2D eigenvalue weighted by Gasteiger charge is -2.38. The van der Waals surface area contributed by atoms with Gasteiger partial charge in [-0.2, -0.15) is 0 Å². The molecule has 3 amide bonds. The van der Waals surface area contributed by atoms with E-state index in [1.165, 1.54) is 6.42 Å². The van der Waals surface area contributed by atoms with E-state index >= 15 is 0 Å². The molecule has 3 aliphatic rings. The number of rotatable bonds is 7. The molecule has 2 fully saturated rings. The number of hydrogen-bond donors (Lipinski definition) is 2. The van der Waals surface area contributed by atoms with E-state index in [-0.39, 0.29) is 17.5 Å². The molecule has 8 nitrogen and oxygen atoms in total. The first kappa shape index (κ1) is 18.9. The Bertz CT molecular complexity index is 565. The van der Waals surface area contributed by atoms with Crippen molar-refractivity contribution in [1.82, 2.24) is 20.4 Å². The molecular formula is C18H31N5O3. The summed E-state index contributed by atoms with van der Waals surface area (Å²) >= 11 is 0. The Morgan fingerprint density at radius 2 is 2.23 bits per heavy atom. The molecule has 1 atom stereocenters. The molecule has 0 bridgehead atoms. The van der Waals surface area contributed by atoms with Gasteiger partial charge < -0.3 is 20.4 Å². The predicted molar refractivity (Wildman–Crippen MR) is 99.0 cm³/mol. The molecule has 0 aliphatic carbocycles. The molecule has 146 valence electrons. The lowest BCUT2D eigenvalue weighted by atomic mass is 9.87. The minimum atomic E-state index is -0.337. The summed E-state index contributed by atoms with van der Waals surface area (Å²) in [6, 6.07) is -0.0663. The van der Waals surface area contributed by atoms with Gasteiger partial charge >= 0.3 is 6.03 Å². The van der Waals surface area contributed by atoms with Gasteiger partial charge in [0.05, 0.1) is 0 Å². The quantitative estimate of drug-likeness (QED) is 0.698. The van der Waals surface area contributed by atoms with E-state index in [1.54, 1.807) is 4.90 Å². The number of amides is 3. The molecule has 26 heavy (non-hydrogen) atoms. The van der Waals surface area contributed by atoms with Gasteiger partial charge in [-0.05, 0) is 38.3 Å². The van der Waals surface area contributed by atoms with Crippen LogP contribution in [-0.4, -0.2) is 78.9 Å². The van der Waals surface area contributed by atoms with Crippen LogP contribution >= 0.6 is 0 Å². The molecule has 0 aromatic rings. The molecule has 0 saturated carbocycles. The second-order valence-corrected chi connectivity index (χ2v) is 8.03. The highest BCUT2D eigenvalue weighted by Crippen LogP contribution is 2.33. The summed E-state index contributed by atoms with van der Waals surface area (Å²) in [6.45, 7) is 9.79. The highest BCUT2D eigenvalue weighted by molar-refractivity contribution is 6.39. The molecule has 2 N–H and O–H groups in total. The Kier molecular flexibility index (Phi) is 6.01. The summed E-state index contributed by atoms with van der Waals surface area (Å²) in [7, 11) is 0. The summed E-state index contributed by atoms with van der Waals surface area (Å²) in [5, 5.41) is 9.70. The Balaban J connectivity index is 1.43. The van der Waals surface area contributed by atoms with E-state index in [2.05, 4.69) is 34.5 Å². The van der Waals surface area contributed by atoms with Crippen LogP contribution in [0, 0.1) is 5.92 Å². The van der Waals surface area contributed by atoms with Crippen molar-refractivity contribution in [2.45, 2.75) is 45.1 Å². The number of carbonyl (C=O) groups excluding carboxylic acids is 2. The van der Waals surface area contributed by atoms with Crippen molar-refractivity contribution in [3.63, 3.8) is 0 Å². The summed E-state index contributed by atoms with van der Waals surface area (Å²) < 4.78 is 0. The molecule has 3 rings (SSSR count). The normalized spacial score (nSPS) is 26.2. The Morgan fingerprint density at radius 1 is 1.38 bits per heavy atom. The number of carbonyl (C=O) groups is 2. The van der Waals surface area contributed by atoms with Crippen molar-refractivity contribution in [3.05, 3.63) is 0 Å². The second-order valence-electron chi connectivity index (χ2n) is 8.03. The largest absolute Gasteiger partial charge is 0.387 e. The summed E-state index contributed by atoms with van der Waals surface area (Å²) in [6.07, 6.45) is 3.77. The maximum absolute atomic E-state index is 12.4. The van der Waals surface area contributed by atoms with Gasteiger partial charge in [0, 0.05) is 39.1 Å². The molecule has 1 spiro atoms. The average molecular weight is 365 g/mol. The van der Waals surface area contributed by atoms with Gasteiger partial charge in [0.15, 0.2) is 5.60 Å². The minimum absolute atomic E-state index is 0.0663. The molecular weight excluding hydrogens is 334 g/mol. The number of urea groups is 1. The van der Waals surface area contributed by atoms with E-state index in [9.17, 15) is 9.59 Å². The van der Waals surface area contributed by atoms with Crippen LogP contribution in [0.3, 0.4) is 0 Å². The third-order valence-corrected chi connectivity index (χ3v) is 5.35. The summed E-state index contributed by atoms with van der Waals surface area (Å²) in [5.74, 6) is 0.508. The number of hydrogen-bond acceptors (Lipinski definition) is 5. The zero-order valence-electron chi connectivity index (χ0n) is 15.9. The van der Waals surface area contributed by atoms with Crippen LogP contribution < -0.4 is 10.6 Å². The smallest absolute Gasteiger partial charge is 0.317 e. The van der Waals surface area contributed by atoms with E-state index in [0.29, 0.717) is 44.2 Å². The van der Waals surface area contributed by atoms with Crippen LogP contribution in [0.25, 0.3) is 0 Å². The van der Waals surface area contributed by atoms with Crippen molar-refractivity contribution in [2.75, 3.05) is 45.8 Å². The van der Waals surface area contributed by atoms with Gasteiger partial charge in [0.2, 0.25) is 0 Å². The van der Waals surface area contributed by atoms with Crippen LogP contribution in [-0.2, 0) is 9.63 Å². The Labute approximate surface area is 155 Å². The fourth-order valence-electron chi connectivity index (χ4n) is 3.82. The van der Waals surface area contributed by atoms with Crippen molar-refractivity contribution >= 4 is 17.6 Å². The highest BCUT2D eigenvalue weighted by Gasteiger charge is 2.44. The maximum atomic E-state index is 12.4. The first-order valence-corrected chi connectivity index (χ1v) is 9.76. The maximum Gasteiger partial charge on any atom is 0.317 e. The first-order chi connectivity index (χ1) is 12.5. The Morgan fingerprint density at radius 3 is 2.96 bits per heavy atom. The van der Waals surface area contributed by atoms with Crippen LogP contribution in [0.4, 0.5) is 4.79 Å². The summed E-state index contributed by atoms with van der Waals surface area (Å²) in [5.41, 5.74) is 0.137. The molecule has 1 unspecified atom stereocenters. The van der Waals surface area contributed by atoms with Crippen LogP contribution in [0.5, 0.6) is 0 Å². The third-order valence-electron chi connectivity index (χ3n) is 5.35. The standard InChI is InChI=1S/C18H31N5O3/c1-14(2)4-9-22-8-3-5-18(13-22)12-15(21-26-18)16(24)19-6-10-23-11-7-20-17(23)25/h14H,3-13H2,1-2H3,(H,19,24)(H,20,25). The molecule has 0 radical (unpaired) electrons. The number of nitrogens with zero attached hydrogens (tertiary/aromatic N) is 3.